The summed E-state index contributed by atoms with van der Waals surface area (Å²) < 4.78 is 0. The monoisotopic (exact) mass is 490 g/mol. The maximum Gasteiger partial charge on any atom is 0.0473 e. The van der Waals surface area contributed by atoms with E-state index in [9.17, 15) is 0 Å². The topological polar surface area (TPSA) is 6.48 Å². The molecule has 0 aliphatic heterocycles. The van der Waals surface area contributed by atoms with Gasteiger partial charge in [0.15, 0.2) is 0 Å². The minimum Gasteiger partial charge on any atom is -0.338 e. The molecule has 0 saturated carbocycles. The van der Waals surface area contributed by atoms with Gasteiger partial charge in [-0.1, -0.05) is 48.5 Å². The van der Waals surface area contributed by atoms with Gasteiger partial charge in [0.25, 0.3) is 0 Å². The van der Waals surface area contributed by atoms with Crippen LogP contribution in [0.2, 0.25) is 0 Å². The zero-order chi connectivity index (χ0) is 26.9. The van der Waals surface area contributed by atoms with Gasteiger partial charge in [0, 0.05) is 34.8 Å². The summed E-state index contributed by atoms with van der Waals surface area (Å²) in [4.78, 5) is 4.94. The van der Waals surface area contributed by atoms with Gasteiger partial charge in [-0.3, -0.25) is 0 Å². The molecule has 37 heavy (non-hydrogen) atoms. The molecule has 4 aromatic rings. The zero-order valence-electron chi connectivity index (χ0n) is 24.1. The van der Waals surface area contributed by atoms with Crippen molar-refractivity contribution in [3.05, 3.63) is 107 Å². The third-order valence-electron chi connectivity index (χ3n) is 7.30. The normalized spacial score (nSPS) is 11.3. The summed E-state index contributed by atoms with van der Waals surface area (Å²) in [5.41, 5.74) is 14.2. The van der Waals surface area contributed by atoms with Crippen LogP contribution in [0.25, 0.3) is 11.1 Å². The van der Waals surface area contributed by atoms with Crippen LogP contribution in [0.15, 0.2) is 78.9 Å². The molecular weight excluding hydrogens is 448 g/mol. The molecule has 0 bridgehead atoms. The van der Waals surface area contributed by atoms with Crippen molar-refractivity contribution in [1.82, 2.24) is 0 Å². The molecule has 0 saturated heterocycles. The van der Waals surface area contributed by atoms with E-state index in [1.165, 1.54) is 61.7 Å². The first kappa shape index (κ1) is 26.5. The molecule has 0 spiro atoms. The minimum atomic E-state index is 0.357. The van der Waals surface area contributed by atoms with E-state index in [0.29, 0.717) is 12.1 Å². The molecule has 0 amide bonds. The van der Waals surface area contributed by atoms with Gasteiger partial charge < -0.3 is 9.80 Å². The van der Waals surface area contributed by atoms with Gasteiger partial charge >= 0.3 is 0 Å². The van der Waals surface area contributed by atoms with E-state index in [-0.39, 0.29) is 0 Å². The van der Waals surface area contributed by atoms with E-state index < -0.39 is 0 Å². The van der Waals surface area contributed by atoms with Crippen molar-refractivity contribution in [2.24, 2.45) is 0 Å². The van der Waals surface area contributed by atoms with Crippen molar-refractivity contribution in [3.63, 3.8) is 0 Å². The zero-order valence-corrected chi connectivity index (χ0v) is 24.1. The SMILES string of the molecule is Cc1ccccc1N(c1c(C)cc(-c2ccc(N(c3c(C)cccc3C)C(C)C)cc2)cc1C)C(C)C. The summed E-state index contributed by atoms with van der Waals surface area (Å²) in [6, 6.07) is 29.7. The molecule has 0 unspecified atom stereocenters. The number of benzene rings is 4. The van der Waals surface area contributed by atoms with Crippen LogP contribution in [0.1, 0.15) is 55.5 Å². The van der Waals surface area contributed by atoms with Crippen LogP contribution in [-0.2, 0) is 0 Å². The molecule has 2 nitrogen and oxygen atoms in total. The largest absolute Gasteiger partial charge is 0.338 e. The van der Waals surface area contributed by atoms with Gasteiger partial charge in [0.2, 0.25) is 0 Å². The molecule has 0 heterocycles. The maximum absolute atomic E-state index is 2.48. The lowest BCUT2D eigenvalue weighted by atomic mass is 9.96. The van der Waals surface area contributed by atoms with Crippen molar-refractivity contribution < 1.29 is 0 Å². The van der Waals surface area contributed by atoms with Gasteiger partial charge in [0.05, 0.1) is 0 Å². The van der Waals surface area contributed by atoms with Crippen molar-refractivity contribution >= 4 is 22.7 Å². The number of rotatable bonds is 7. The summed E-state index contributed by atoms with van der Waals surface area (Å²) in [6.07, 6.45) is 0. The molecule has 4 rings (SSSR count). The van der Waals surface area contributed by atoms with E-state index in [1.807, 2.05) is 0 Å². The molecule has 0 N–H and O–H groups in total. The molecule has 2 heteroatoms. The summed E-state index contributed by atoms with van der Waals surface area (Å²) in [5.74, 6) is 0. The quantitative estimate of drug-likeness (QED) is 0.254. The van der Waals surface area contributed by atoms with Crippen LogP contribution < -0.4 is 9.80 Å². The van der Waals surface area contributed by atoms with Crippen molar-refractivity contribution in [2.45, 2.75) is 74.4 Å². The minimum absolute atomic E-state index is 0.357. The second kappa shape index (κ2) is 10.8. The number of aryl methyl sites for hydroxylation is 5. The molecule has 0 radical (unpaired) electrons. The first-order valence-corrected chi connectivity index (χ1v) is 13.5. The van der Waals surface area contributed by atoms with Gasteiger partial charge in [-0.15, -0.1) is 0 Å². The van der Waals surface area contributed by atoms with Gasteiger partial charge in [0.1, 0.15) is 0 Å². The van der Waals surface area contributed by atoms with E-state index in [1.54, 1.807) is 0 Å². The Balaban J connectivity index is 1.72. The average molecular weight is 491 g/mol. The van der Waals surface area contributed by atoms with Crippen molar-refractivity contribution in [1.29, 1.82) is 0 Å². The van der Waals surface area contributed by atoms with Crippen molar-refractivity contribution in [3.8, 4) is 11.1 Å². The Labute approximate surface area is 224 Å². The number of nitrogens with zero attached hydrogens (tertiary/aromatic N) is 2. The molecule has 0 aromatic heterocycles. The molecule has 0 aliphatic carbocycles. The lowest BCUT2D eigenvalue weighted by Crippen LogP contribution is -2.27. The smallest absolute Gasteiger partial charge is 0.0473 e. The standard InChI is InChI=1S/C35H42N2/c1-23(2)36(34-26(6)14-12-15-27(34)7)32-19-17-30(18-20-32)31-21-28(8)35(29(9)22-31)37(24(3)4)33-16-11-10-13-25(33)5/h10-24H,1-9H3. The van der Waals surface area contributed by atoms with E-state index in [2.05, 4.69) is 151 Å². The Morgan fingerprint density at radius 1 is 0.459 bits per heavy atom. The third-order valence-corrected chi connectivity index (χ3v) is 7.30. The van der Waals surface area contributed by atoms with Crippen LogP contribution >= 0.6 is 0 Å². The molecule has 4 aromatic carbocycles. The molecule has 192 valence electrons. The highest BCUT2D eigenvalue weighted by Gasteiger charge is 2.21. The Hall–Kier alpha value is -3.52. The molecule has 0 atom stereocenters. The second-order valence-electron chi connectivity index (χ2n) is 11.0. The summed E-state index contributed by atoms with van der Waals surface area (Å²) in [5, 5.41) is 0. The van der Waals surface area contributed by atoms with Gasteiger partial charge in [-0.25, -0.2) is 0 Å². The Bertz CT molecular complexity index is 1340. The fraction of sp³-hybridized carbons (Fsp3) is 0.314. The van der Waals surface area contributed by atoms with E-state index >= 15 is 0 Å². The number of hydrogen-bond donors (Lipinski definition) is 0. The highest BCUT2D eigenvalue weighted by atomic mass is 15.2. The fourth-order valence-electron chi connectivity index (χ4n) is 5.68. The highest BCUT2D eigenvalue weighted by Crippen LogP contribution is 2.39. The van der Waals surface area contributed by atoms with Crippen LogP contribution in [0.4, 0.5) is 22.7 Å². The average Bonchev–Trinajstić information content (AvgIpc) is 2.84. The molecule has 0 fully saturated rings. The summed E-state index contributed by atoms with van der Waals surface area (Å²) in [7, 11) is 0. The second-order valence-corrected chi connectivity index (χ2v) is 11.0. The van der Waals surface area contributed by atoms with Crippen LogP contribution in [0.3, 0.4) is 0 Å². The maximum atomic E-state index is 2.48. The number of anilines is 4. The molecule has 0 aliphatic rings. The Morgan fingerprint density at radius 2 is 0.946 bits per heavy atom. The Kier molecular flexibility index (Phi) is 7.78. The van der Waals surface area contributed by atoms with E-state index in [4.69, 9.17) is 0 Å². The predicted molar refractivity (Wildman–Crippen MR) is 163 cm³/mol. The van der Waals surface area contributed by atoms with Gasteiger partial charge in [-0.05, 0) is 132 Å². The first-order chi connectivity index (χ1) is 17.6. The van der Waals surface area contributed by atoms with Gasteiger partial charge in [-0.2, -0.15) is 0 Å². The number of para-hydroxylation sites is 2. The lowest BCUT2D eigenvalue weighted by molar-refractivity contribution is 0.781. The summed E-state index contributed by atoms with van der Waals surface area (Å²) >= 11 is 0. The highest BCUT2D eigenvalue weighted by molar-refractivity contribution is 5.78. The van der Waals surface area contributed by atoms with Crippen LogP contribution in [0.5, 0.6) is 0 Å². The lowest BCUT2D eigenvalue weighted by Gasteiger charge is -2.33. The van der Waals surface area contributed by atoms with E-state index in [0.717, 1.165) is 0 Å². The van der Waals surface area contributed by atoms with Crippen LogP contribution in [0, 0.1) is 34.6 Å². The van der Waals surface area contributed by atoms with Crippen molar-refractivity contribution in [2.75, 3.05) is 9.80 Å². The third kappa shape index (κ3) is 5.30. The molecular formula is C35H42N2. The summed E-state index contributed by atoms with van der Waals surface area (Å²) in [6.45, 7) is 20.2. The van der Waals surface area contributed by atoms with Crippen LogP contribution in [-0.4, -0.2) is 12.1 Å². The Morgan fingerprint density at radius 3 is 1.46 bits per heavy atom. The predicted octanol–water partition coefficient (Wildman–Crippen LogP) is 9.99. The fourth-order valence-corrected chi connectivity index (χ4v) is 5.68. The number of hydrogen-bond acceptors (Lipinski definition) is 2. The first-order valence-electron chi connectivity index (χ1n) is 13.5.